The number of halogens is 1. The van der Waals surface area contributed by atoms with Crippen molar-refractivity contribution < 1.29 is 14.3 Å². The second-order valence-electron chi connectivity index (χ2n) is 4.17. The number of nitrogens with zero attached hydrogens (tertiary/aromatic N) is 1. The van der Waals surface area contributed by atoms with Crippen molar-refractivity contribution in [2.45, 2.75) is 0 Å². The molecule has 0 radical (unpaired) electrons. The summed E-state index contributed by atoms with van der Waals surface area (Å²) in [4.78, 5) is 15.9. The molecule has 2 aromatic rings. The Morgan fingerprint density at radius 2 is 1.95 bits per heavy atom. The number of hydrogen-bond acceptors (Lipinski definition) is 4. The zero-order chi connectivity index (χ0) is 15.2. The maximum atomic E-state index is 12.0. The Morgan fingerprint density at radius 3 is 2.57 bits per heavy atom. The van der Waals surface area contributed by atoms with Crippen molar-refractivity contribution in [2.75, 3.05) is 14.2 Å². The van der Waals surface area contributed by atoms with Gasteiger partial charge in [0, 0.05) is 22.4 Å². The molecule has 0 aliphatic heterocycles. The minimum absolute atomic E-state index is 0.107. The molecule has 0 bridgehead atoms. The summed E-state index contributed by atoms with van der Waals surface area (Å²) in [5, 5.41) is 0. The summed E-state index contributed by atoms with van der Waals surface area (Å²) >= 11 is 3.45. The van der Waals surface area contributed by atoms with Crippen LogP contribution in [0.2, 0.25) is 0 Å². The van der Waals surface area contributed by atoms with E-state index >= 15 is 0 Å². The maximum Gasteiger partial charge on any atom is 0.187 e. The van der Waals surface area contributed by atoms with E-state index in [2.05, 4.69) is 20.9 Å². The lowest BCUT2D eigenvalue weighted by atomic mass is 10.1. The maximum absolute atomic E-state index is 12.0. The number of pyridine rings is 1. The summed E-state index contributed by atoms with van der Waals surface area (Å²) in [5.41, 5.74) is 1.37. The van der Waals surface area contributed by atoms with Gasteiger partial charge in [-0.05, 0) is 42.0 Å². The molecule has 0 atom stereocenters. The fourth-order valence-electron chi connectivity index (χ4n) is 1.77. The number of rotatable bonds is 5. The number of hydrogen-bond donors (Lipinski definition) is 0. The Hall–Kier alpha value is -2.14. The smallest absolute Gasteiger partial charge is 0.187 e. The number of aromatic nitrogens is 1. The van der Waals surface area contributed by atoms with Crippen LogP contribution in [-0.2, 0) is 0 Å². The topological polar surface area (TPSA) is 48.4 Å². The number of ether oxygens (including phenoxy) is 2. The van der Waals surface area contributed by atoms with Crippen LogP contribution in [0, 0.1) is 0 Å². The molecular formula is C16H14BrNO3. The highest BCUT2D eigenvalue weighted by molar-refractivity contribution is 9.10. The average molecular weight is 348 g/mol. The van der Waals surface area contributed by atoms with Crippen molar-refractivity contribution in [3.8, 4) is 11.5 Å². The van der Waals surface area contributed by atoms with E-state index in [-0.39, 0.29) is 5.78 Å². The van der Waals surface area contributed by atoms with E-state index in [0.29, 0.717) is 17.1 Å². The van der Waals surface area contributed by atoms with E-state index in [1.165, 1.54) is 12.3 Å². The fourth-order valence-corrected chi connectivity index (χ4v) is 2.22. The molecule has 0 saturated carbocycles. The Balaban J connectivity index is 2.27. The van der Waals surface area contributed by atoms with Gasteiger partial charge in [-0.1, -0.05) is 15.9 Å². The number of carbonyl (C=O) groups excluding carboxylic acids is 1. The van der Waals surface area contributed by atoms with Crippen LogP contribution in [0.5, 0.6) is 11.5 Å². The third kappa shape index (κ3) is 3.70. The molecule has 0 spiro atoms. The van der Waals surface area contributed by atoms with E-state index < -0.39 is 0 Å². The van der Waals surface area contributed by atoms with E-state index in [4.69, 9.17) is 9.47 Å². The van der Waals surface area contributed by atoms with Crippen LogP contribution >= 0.6 is 15.9 Å². The summed E-state index contributed by atoms with van der Waals surface area (Å²) in [7, 11) is 3.14. The van der Waals surface area contributed by atoms with Crippen molar-refractivity contribution in [1.82, 2.24) is 4.98 Å². The van der Waals surface area contributed by atoms with Crippen LogP contribution in [0.1, 0.15) is 15.9 Å². The molecule has 1 heterocycles. The molecular weight excluding hydrogens is 334 g/mol. The third-order valence-electron chi connectivity index (χ3n) is 2.86. The van der Waals surface area contributed by atoms with Gasteiger partial charge in [0.1, 0.15) is 0 Å². The van der Waals surface area contributed by atoms with Crippen LogP contribution in [0.15, 0.2) is 47.2 Å². The van der Waals surface area contributed by atoms with Gasteiger partial charge in [0.15, 0.2) is 17.3 Å². The first-order valence-corrected chi connectivity index (χ1v) is 6.99. The summed E-state index contributed by atoms with van der Waals surface area (Å²) in [6.07, 6.45) is 6.39. The van der Waals surface area contributed by atoms with Crippen molar-refractivity contribution in [2.24, 2.45) is 0 Å². The monoisotopic (exact) mass is 347 g/mol. The van der Waals surface area contributed by atoms with E-state index in [1.807, 2.05) is 0 Å². The zero-order valence-electron chi connectivity index (χ0n) is 11.7. The molecule has 0 amide bonds. The lowest BCUT2D eigenvalue weighted by molar-refractivity contribution is 0.104. The SMILES string of the molecule is COc1cc(Br)c(/C=C/C(=O)c2cccnc2)cc1OC. The van der Waals surface area contributed by atoms with Gasteiger partial charge in [-0.3, -0.25) is 9.78 Å². The van der Waals surface area contributed by atoms with Gasteiger partial charge in [-0.2, -0.15) is 0 Å². The molecule has 0 aliphatic rings. The quantitative estimate of drug-likeness (QED) is 0.610. The Morgan fingerprint density at radius 1 is 1.24 bits per heavy atom. The molecule has 5 heteroatoms. The van der Waals surface area contributed by atoms with Crippen LogP contribution in [0.3, 0.4) is 0 Å². The lowest BCUT2D eigenvalue weighted by Crippen LogP contribution is -1.95. The Kier molecular flexibility index (Phi) is 5.11. The molecule has 4 nitrogen and oxygen atoms in total. The highest BCUT2D eigenvalue weighted by atomic mass is 79.9. The van der Waals surface area contributed by atoms with Crippen LogP contribution in [-0.4, -0.2) is 25.0 Å². The number of benzene rings is 1. The summed E-state index contributed by atoms with van der Waals surface area (Å²) in [6, 6.07) is 7.06. The van der Waals surface area contributed by atoms with Gasteiger partial charge in [-0.15, -0.1) is 0 Å². The van der Waals surface area contributed by atoms with Gasteiger partial charge in [0.2, 0.25) is 0 Å². The molecule has 1 aromatic carbocycles. The number of allylic oxidation sites excluding steroid dienone is 1. The summed E-state index contributed by atoms with van der Waals surface area (Å²) in [5.74, 6) is 1.12. The molecule has 1 aromatic heterocycles. The molecule has 0 fully saturated rings. The third-order valence-corrected chi connectivity index (χ3v) is 3.55. The second-order valence-corrected chi connectivity index (χ2v) is 5.02. The Bertz CT molecular complexity index is 669. The summed E-state index contributed by atoms with van der Waals surface area (Å²) < 4.78 is 11.3. The van der Waals surface area contributed by atoms with Gasteiger partial charge in [0.05, 0.1) is 14.2 Å². The summed E-state index contributed by atoms with van der Waals surface area (Å²) in [6.45, 7) is 0. The van der Waals surface area contributed by atoms with Gasteiger partial charge < -0.3 is 9.47 Å². The van der Waals surface area contributed by atoms with E-state index in [9.17, 15) is 4.79 Å². The molecule has 108 valence electrons. The van der Waals surface area contributed by atoms with Crippen molar-refractivity contribution in [1.29, 1.82) is 0 Å². The standard InChI is InChI=1S/C16H14BrNO3/c1-20-15-8-11(13(17)9-16(15)21-2)5-6-14(19)12-4-3-7-18-10-12/h3-10H,1-2H3/b6-5+. The number of ketones is 1. The predicted octanol–water partition coefficient (Wildman–Crippen LogP) is 3.76. The molecule has 21 heavy (non-hydrogen) atoms. The molecule has 0 unspecified atom stereocenters. The van der Waals surface area contributed by atoms with Gasteiger partial charge in [0.25, 0.3) is 0 Å². The second kappa shape index (κ2) is 7.04. The van der Waals surface area contributed by atoms with E-state index in [1.54, 1.807) is 50.8 Å². The molecule has 2 rings (SSSR count). The van der Waals surface area contributed by atoms with Crippen molar-refractivity contribution in [3.05, 3.63) is 58.3 Å². The van der Waals surface area contributed by atoms with Gasteiger partial charge in [-0.25, -0.2) is 0 Å². The lowest BCUT2D eigenvalue weighted by Gasteiger charge is -2.09. The predicted molar refractivity (Wildman–Crippen MR) is 84.8 cm³/mol. The van der Waals surface area contributed by atoms with Crippen molar-refractivity contribution in [3.63, 3.8) is 0 Å². The zero-order valence-corrected chi connectivity index (χ0v) is 13.3. The largest absolute Gasteiger partial charge is 0.493 e. The first-order valence-electron chi connectivity index (χ1n) is 6.19. The highest BCUT2D eigenvalue weighted by Gasteiger charge is 2.08. The first kappa shape index (κ1) is 15.3. The van der Waals surface area contributed by atoms with Crippen LogP contribution in [0.4, 0.5) is 0 Å². The molecule has 0 N–H and O–H groups in total. The molecule has 0 saturated heterocycles. The number of carbonyl (C=O) groups is 1. The van der Waals surface area contributed by atoms with Crippen molar-refractivity contribution >= 4 is 27.8 Å². The average Bonchev–Trinajstić information content (AvgIpc) is 2.53. The number of methoxy groups -OCH3 is 2. The van der Waals surface area contributed by atoms with Gasteiger partial charge >= 0.3 is 0 Å². The Labute approximate surface area is 131 Å². The minimum atomic E-state index is -0.107. The fraction of sp³-hybridized carbons (Fsp3) is 0.125. The van der Waals surface area contributed by atoms with Crippen LogP contribution in [0.25, 0.3) is 6.08 Å². The van der Waals surface area contributed by atoms with Crippen LogP contribution < -0.4 is 9.47 Å². The highest BCUT2D eigenvalue weighted by Crippen LogP contribution is 2.33. The van der Waals surface area contributed by atoms with E-state index in [0.717, 1.165) is 10.0 Å². The minimum Gasteiger partial charge on any atom is -0.493 e. The molecule has 0 aliphatic carbocycles. The normalized spacial score (nSPS) is 10.6. The first-order chi connectivity index (χ1) is 10.2.